The minimum Gasteiger partial charge on any atom is -0.349 e. The molecule has 0 saturated heterocycles. The highest BCUT2D eigenvalue weighted by molar-refractivity contribution is 7.99. The van der Waals surface area contributed by atoms with Gasteiger partial charge in [0.15, 0.2) is 0 Å². The summed E-state index contributed by atoms with van der Waals surface area (Å²) in [6.07, 6.45) is 0. The van der Waals surface area contributed by atoms with Gasteiger partial charge in [0.05, 0.1) is 28.5 Å². The van der Waals surface area contributed by atoms with Crippen molar-refractivity contribution >= 4 is 28.7 Å². The fraction of sp³-hybridized carbons (Fsp3) is 0.211. The maximum Gasteiger partial charge on any atom is 0.230 e. The average Bonchev–Trinajstić information content (AvgIpc) is 2.60. The van der Waals surface area contributed by atoms with Crippen LogP contribution in [0, 0.1) is 6.92 Å². The van der Waals surface area contributed by atoms with Crippen LogP contribution < -0.4 is 5.32 Å². The van der Waals surface area contributed by atoms with Crippen molar-refractivity contribution in [3.63, 3.8) is 0 Å². The summed E-state index contributed by atoms with van der Waals surface area (Å²) in [7, 11) is 0. The Morgan fingerprint density at radius 1 is 1.04 bits per heavy atom. The van der Waals surface area contributed by atoms with Gasteiger partial charge in [-0.3, -0.25) is 4.79 Å². The third kappa shape index (κ3) is 3.92. The molecular weight excluding hydrogens is 318 g/mol. The Morgan fingerprint density at radius 2 is 1.67 bits per heavy atom. The maximum absolute atomic E-state index is 12.2. The summed E-state index contributed by atoms with van der Waals surface area (Å²) in [5.41, 5.74) is 3.67. The number of thioether (sulfide) groups is 1. The predicted octanol–water partition coefficient (Wildman–Crippen LogP) is 3.91. The summed E-state index contributed by atoms with van der Waals surface area (Å²) in [4.78, 5) is 21.3. The molecule has 1 heterocycles. The van der Waals surface area contributed by atoms with Gasteiger partial charge in [-0.1, -0.05) is 54.2 Å². The Balaban J connectivity index is 1.63. The first-order valence-electron chi connectivity index (χ1n) is 7.84. The topological polar surface area (TPSA) is 54.9 Å². The average molecular weight is 337 g/mol. The van der Waals surface area contributed by atoms with Crippen molar-refractivity contribution in [1.29, 1.82) is 0 Å². The van der Waals surface area contributed by atoms with E-state index in [1.165, 1.54) is 11.8 Å². The molecule has 1 aromatic heterocycles. The number of aromatic nitrogens is 2. The van der Waals surface area contributed by atoms with Crippen LogP contribution in [0.1, 0.15) is 24.2 Å². The first kappa shape index (κ1) is 16.5. The van der Waals surface area contributed by atoms with Crippen LogP contribution in [0.2, 0.25) is 0 Å². The van der Waals surface area contributed by atoms with Crippen LogP contribution in [-0.4, -0.2) is 21.6 Å². The number of nitrogens with zero attached hydrogens (tertiary/aromatic N) is 2. The fourth-order valence-corrected chi connectivity index (χ4v) is 3.22. The van der Waals surface area contributed by atoms with Gasteiger partial charge < -0.3 is 5.32 Å². The summed E-state index contributed by atoms with van der Waals surface area (Å²) in [5, 5.41) is 3.82. The van der Waals surface area contributed by atoms with Crippen LogP contribution >= 0.6 is 11.8 Å². The molecule has 5 heteroatoms. The quantitative estimate of drug-likeness (QED) is 0.717. The standard InChI is InChI=1S/C19H19N3OS/c1-13(15-8-4-3-5-9-15)21-18(23)12-24-19-14(2)20-16-10-6-7-11-17(16)22-19/h3-11,13H,12H2,1-2H3,(H,21,23)/t13-/m1/s1. The van der Waals surface area contributed by atoms with E-state index in [0.717, 1.165) is 27.3 Å². The number of hydrogen-bond donors (Lipinski definition) is 1. The van der Waals surface area contributed by atoms with Crippen LogP contribution in [0.3, 0.4) is 0 Å². The molecule has 0 saturated carbocycles. The molecule has 0 fully saturated rings. The smallest absolute Gasteiger partial charge is 0.230 e. The van der Waals surface area contributed by atoms with Gasteiger partial charge in [-0.2, -0.15) is 0 Å². The van der Waals surface area contributed by atoms with Crippen molar-refractivity contribution in [1.82, 2.24) is 15.3 Å². The monoisotopic (exact) mass is 337 g/mol. The number of fused-ring (bicyclic) bond motifs is 1. The summed E-state index contributed by atoms with van der Waals surface area (Å²) < 4.78 is 0. The molecule has 3 rings (SSSR count). The second kappa shape index (κ2) is 7.45. The second-order valence-electron chi connectivity index (χ2n) is 5.59. The number of aryl methyl sites for hydroxylation is 1. The van der Waals surface area contributed by atoms with Gasteiger partial charge in [0.25, 0.3) is 0 Å². The molecule has 0 aliphatic carbocycles. The van der Waals surface area contributed by atoms with Crippen molar-refractivity contribution in [2.24, 2.45) is 0 Å². The number of benzene rings is 2. The Bertz CT molecular complexity index is 852. The molecular formula is C19H19N3OS. The van der Waals surface area contributed by atoms with Crippen molar-refractivity contribution in [3.05, 3.63) is 65.9 Å². The first-order valence-corrected chi connectivity index (χ1v) is 8.82. The third-order valence-electron chi connectivity index (χ3n) is 3.72. The Morgan fingerprint density at radius 3 is 2.38 bits per heavy atom. The first-order chi connectivity index (χ1) is 11.6. The zero-order chi connectivity index (χ0) is 16.9. The maximum atomic E-state index is 12.2. The van der Waals surface area contributed by atoms with Crippen molar-refractivity contribution in [2.45, 2.75) is 24.9 Å². The lowest BCUT2D eigenvalue weighted by atomic mass is 10.1. The third-order valence-corrected chi connectivity index (χ3v) is 4.79. The van der Waals surface area contributed by atoms with Crippen LogP contribution in [-0.2, 0) is 4.79 Å². The Hall–Kier alpha value is -2.40. The molecule has 24 heavy (non-hydrogen) atoms. The molecule has 2 aromatic carbocycles. The van der Waals surface area contributed by atoms with Gasteiger partial charge in [0, 0.05) is 0 Å². The lowest BCUT2D eigenvalue weighted by Crippen LogP contribution is -2.28. The molecule has 3 aromatic rings. The van der Waals surface area contributed by atoms with Gasteiger partial charge in [0.1, 0.15) is 5.03 Å². The Labute approximate surface area is 145 Å². The summed E-state index contributed by atoms with van der Waals surface area (Å²) in [6.45, 7) is 3.91. The minimum absolute atomic E-state index is 0.00860. The molecule has 0 unspecified atom stereocenters. The zero-order valence-electron chi connectivity index (χ0n) is 13.7. The fourth-order valence-electron chi connectivity index (χ4n) is 2.45. The van der Waals surface area contributed by atoms with E-state index in [1.54, 1.807) is 0 Å². The highest BCUT2D eigenvalue weighted by atomic mass is 32.2. The van der Waals surface area contributed by atoms with E-state index in [0.29, 0.717) is 5.75 Å². The molecule has 0 aliphatic rings. The van der Waals surface area contributed by atoms with E-state index in [-0.39, 0.29) is 11.9 Å². The molecule has 0 aliphatic heterocycles. The van der Waals surface area contributed by atoms with Crippen molar-refractivity contribution in [3.8, 4) is 0 Å². The van der Waals surface area contributed by atoms with Crippen molar-refractivity contribution in [2.75, 3.05) is 5.75 Å². The molecule has 1 atom stereocenters. The molecule has 0 spiro atoms. The Kier molecular flexibility index (Phi) is 5.11. The van der Waals surface area contributed by atoms with Crippen molar-refractivity contribution < 1.29 is 4.79 Å². The van der Waals surface area contributed by atoms with E-state index in [2.05, 4.69) is 15.3 Å². The van der Waals surface area contributed by atoms with Gasteiger partial charge >= 0.3 is 0 Å². The second-order valence-corrected chi connectivity index (χ2v) is 6.56. The number of amides is 1. The van der Waals surface area contributed by atoms with Gasteiger partial charge in [-0.25, -0.2) is 9.97 Å². The van der Waals surface area contributed by atoms with E-state index in [4.69, 9.17) is 0 Å². The number of hydrogen-bond acceptors (Lipinski definition) is 4. The van der Waals surface area contributed by atoms with E-state index >= 15 is 0 Å². The highest BCUT2D eigenvalue weighted by Crippen LogP contribution is 2.22. The number of nitrogens with one attached hydrogen (secondary N) is 1. The molecule has 0 bridgehead atoms. The normalized spacial score (nSPS) is 12.1. The SMILES string of the molecule is Cc1nc2ccccc2nc1SCC(=O)N[C@H](C)c1ccccc1. The number of carbonyl (C=O) groups excluding carboxylic acids is 1. The number of rotatable bonds is 5. The van der Waals surface area contributed by atoms with Crippen LogP contribution in [0.5, 0.6) is 0 Å². The summed E-state index contributed by atoms with van der Waals surface area (Å²) in [6, 6.07) is 17.7. The predicted molar refractivity (Wildman–Crippen MR) is 98.0 cm³/mol. The summed E-state index contributed by atoms with van der Waals surface area (Å²) in [5.74, 6) is 0.316. The van der Waals surface area contributed by atoms with Gasteiger partial charge in [0.2, 0.25) is 5.91 Å². The molecule has 122 valence electrons. The van der Waals surface area contributed by atoms with Crippen LogP contribution in [0.4, 0.5) is 0 Å². The van der Waals surface area contributed by atoms with E-state index < -0.39 is 0 Å². The van der Waals surface area contributed by atoms with E-state index in [9.17, 15) is 4.79 Å². The largest absolute Gasteiger partial charge is 0.349 e. The van der Waals surface area contributed by atoms with E-state index in [1.807, 2.05) is 68.4 Å². The highest BCUT2D eigenvalue weighted by Gasteiger charge is 2.12. The molecule has 1 amide bonds. The number of carbonyl (C=O) groups is 1. The van der Waals surface area contributed by atoms with Gasteiger partial charge in [-0.15, -0.1) is 0 Å². The van der Waals surface area contributed by atoms with Crippen LogP contribution in [0.25, 0.3) is 11.0 Å². The van der Waals surface area contributed by atoms with Crippen LogP contribution in [0.15, 0.2) is 59.6 Å². The molecule has 0 radical (unpaired) electrons. The molecule has 4 nitrogen and oxygen atoms in total. The van der Waals surface area contributed by atoms with Gasteiger partial charge in [-0.05, 0) is 31.5 Å². The molecule has 1 N–H and O–H groups in total. The minimum atomic E-state index is -0.0110. The zero-order valence-corrected chi connectivity index (χ0v) is 14.5. The lowest BCUT2D eigenvalue weighted by molar-refractivity contribution is -0.119. The lowest BCUT2D eigenvalue weighted by Gasteiger charge is -2.14. The number of para-hydroxylation sites is 2. The summed E-state index contributed by atoms with van der Waals surface area (Å²) >= 11 is 1.42.